The van der Waals surface area contributed by atoms with Crippen LogP contribution in [0.2, 0.25) is 0 Å². The van der Waals surface area contributed by atoms with Crippen molar-refractivity contribution in [2.75, 3.05) is 37.7 Å². The number of aromatic nitrogens is 1. The lowest BCUT2D eigenvalue weighted by Gasteiger charge is -2.28. The third kappa shape index (κ3) is 6.49. The normalized spacial score (nSPS) is 14.6. The number of anilines is 1. The molecule has 0 aliphatic carbocycles. The van der Waals surface area contributed by atoms with Crippen molar-refractivity contribution in [2.24, 2.45) is 0 Å². The fourth-order valence-electron chi connectivity index (χ4n) is 2.82. The van der Waals surface area contributed by atoms with Crippen LogP contribution in [-0.2, 0) is 26.1 Å². The van der Waals surface area contributed by atoms with Gasteiger partial charge in [-0.25, -0.2) is 18.1 Å². The van der Waals surface area contributed by atoms with Gasteiger partial charge in [-0.05, 0) is 42.0 Å². The Kier molecular flexibility index (Phi) is 7.59. The summed E-state index contributed by atoms with van der Waals surface area (Å²) in [6.45, 7) is 3.33. The maximum Gasteiger partial charge on any atom is 0.240 e. The zero-order valence-electron chi connectivity index (χ0n) is 15.8. The van der Waals surface area contributed by atoms with Crippen molar-refractivity contribution in [2.45, 2.75) is 17.9 Å². The standard InChI is InChI=1S/C19H23BrN4O4S/c20-16-1-3-17(4-2-16)29(26,27)23-8-6-19(25)22-14-15-5-7-21-18(13-15)24-9-11-28-12-10-24/h1-5,7,13,23H,6,8-12,14H2,(H,22,25). The molecule has 1 aromatic carbocycles. The van der Waals surface area contributed by atoms with Gasteiger partial charge in [0.25, 0.3) is 0 Å². The minimum atomic E-state index is -3.63. The molecule has 0 radical (unpaired) electrons. The SMILES string of the molecule is O=C(CCNS(=O)(=O)c1ccc(Br)cc1)NCc1ccnc(N2CCOCC2)c1. The van der Waals surface area contributed by atoms with Gasteiger partial charge in [0.15, 0.2) is 0 Å². The van der Waals surface area contributed by atoms with Crippen LogP contribution in [0.3, 0.4) is 0 Å². The third-order valence-corrected chi connectivity index (χ3v) is 6.41. The molecule has 10 heteroatoms. The van der Waals surface area contributed by atoms with Crippen molar-refractivity contribution < 1.29 is 17.9 Å². The Labute approximate surface area is 178 Å². The van der Waals surface area contributed by atoms with E-state index >= 15 is 0 Å². The number of nitrogens with zero attached hydrogens (tertiary/aromatic N) is 2. The lowest BCUT2D eigenvalue weighted by molar-refractivity contribution is -0.121. The predicted octanol–water partition coefficient (Wildman–Crippen LogP) is 1.67. The molecule has 8 nitrogen and oxygen atoms in total. The first kappa shape index (κ1) is 21.7. The van der Waals surface area contributed by atoms with Crippen LogP contribution in [0.5, 0.6) is 0 Å². The molecule has 156 valence electrons. The summed E-state index contributed by atoms with van der Waals surface area (Å²) in [4.78, 5) is 18.8. The minimum Gasteiger partial charge on any atom is -0.378 e. The largest absolute Gasteiger partial charge is 0.378 e. The number of nitrogens with one attached hydrogen (secondary N) is 2. The smallest absolute Gasteiger partial charge is 0.240 e. The van der Waals surface area contributed by atoms with Gasteiger partial charge in [-0.3, -0.25) is 4.79 Å². The van der Waals surface area contributed by atoms with Crippen LogP contribution in [0, 0.1) is 0 Å². The van der Waals surface area contributed by atoms with Crippen LogP contribution in [0.15, 0.2) is 52.0 Å². The van der Waals surface area contributed by atoms with Gasteiger partial charge in [0.1, 0.15) is 5.82 Å². The van der Waals surface area contributed by atoms with Gasteiger partial charge in [0, 0.05) is 43.3 Å². The molecular formula is C19H23BrN4O4S. The van der Waals surface area contributed by atoms with Crippen molar-refractivity contribution >= 4 is 37.7 Å². The average molecular weight is 483 g/mol. The van der Waals surface area contributed by atoms with Gasteiger partial charge in [0.05, 0.1) is 18.1 Å². The van der Waals surface area contributed by atoms with Crippen LogP contribution >= 0.6 is 15.9 Å². The van der Waals surface area contributed by atoms with Gasteiger partial charge in [0.2, 0.25) is 15.9 Å². The fraction of sp³-hybridized carbons (Fsp3) is 0.368. The van der Waals surface area contributed by atoms with Gasteiger partial charge in [-0.15, -0.1) is 0 Å². The summed E-state index contributed by atoms with van der Waals surface area (Å²) in [5, 5.41) is 2.81. The first-order valence-corrected chi connectivity index (χ1v) is 11.5. The first-order valence-electron chi connectivity index (χ1n) is 9.23. The Morgan fingerprint density at radius 2 is 1.90 bits per heavy atom. The number of rotatable bonds is 8. The highest BCUT2D eigenvalue weighted by Crippen LogP contribution is 2.15. The molecule has 1 aliphatic rings. The van der Waals surface area contributed by atoms with E-state index in [4.69, 9.17) is 4.74 Å². The van der Waals surface area contributed by atoms with E-state index in [9.17, 15) is 13.2 Å². The number of carbonyl (C=O) groups is 1. The summed E-state index contributed by atoms with van der Waals surface area (Å²) < 4.78 is 33.0. The van der Waals surface area contributed by atoms with Gasteiger partial charge < -0.3 is 15.0 Å². The van der Waals surface area contributed by atoms with E-state index in [0.29, 0.717) is 19.8 Å². The van der Waals surface area contributed by atoms with Crippen LogP contribution in [-0.4, -0.2) is 52.2 Å². The van der Waals surface area contributed by atoms with E-state index < -0.39 is 10.0 Å². The molecule has 0 saturated carbocycles. The summed E-state index contributed by atoms with van der Waals surface area (Å²) in [6, 6.07) is 10.1. The quantitative estimate of drug-likeness (QED) is 0.593. The topological polar surface area (TPSA) is 101 Å². The number of carbonyl (C=O) groups excluding carboxylic acids is 1. The second-order valence-corrected chi connectivity index (χ2v) is 9.18. The molecule has 2 N–H and O–H groups in total. The Morgan fingerprint density at radius 3 is 2.62 bits per heavy atom. The minimum absolute atomic E-state index is 0.0274. The maximum absolute atomic E-state index is 12.2. The van der Waals surface area contributed by atoms with Crippen LogP contribution < -0.4 is 14.9 Å². The fourth-order valence-corrected chi connectivity index (χ4v) is 4.12. The van der Waals surface area contributed by atoms with Gasteiger partial charge in [-0.2, -0.15) is 0 Å². The highest BCUT2D eigenvalue weighted by Gasteiger charge is 2.15. The number of hydrogen-bond acceptors (Lipinski definition) is 6. The molecule has 0 bridgehead atoms. The van der Waals surface area contributed by atoms with E-state index in [1.165, 1.54) is 12.1 Å². The Morgan fingerprint density at radius 1 is 1.17 bits per heavy atom. The lowest BCUT2D eigenvalue weighted by Crippen LogP contribution is -2.36. The van der Waals surface area contributed by atoms with Crippen molar-refractivity contribution in [3.05, 3.63) is 52.6 Å². The molecule has 0 spiro atoms. The highest BCUT2D eigenvalue weighted by molar-refractivity contribution is 9.10. The van der Waals surface area contributed by atoms with E-state index in [1.54, 1.807) is 18.3 Å². The summed E-state index contributed by atoms with van der Waals surface area (Å²) in [5.74, 6) is 0.635. The molecule has 3 rings (SSSR count). The number of ether oxygens (including phenoxy) is 1. The Balaban J connectivity index is 1.45. The number of sulfonamides is 1. The van der Waals surface area contributed by atoms with Crippen molar-refractivity contribution in [3.63, 3.8) is 0 Å². The van der Waals surface area contributed by atoms with E-state index in [-0.39, 0.29) is 23.8 Å². The van der Waals surface area contributed by atoms with Crippen LogP contribution in [0.25, 0.3) is 0 Å². The number of pyridine rings is 1. The third-order valence-electron chi connectivity index (χ3n) is 4.40. The van der Waals surface area contributed by atoms with Gasteiger partial charge in [-0.1, -0.05) is 15.9 Å². The molecule has 1 aliphatic heterocycles. The van der Waals surface area contributed by atoms with Crippen molar-refractivity contribution in [1.82, 2.24) is 15.0 Å². The maximum atomic E-state index is 12.2. The molecule has 29 heavy (non-hydrogen) atoms. The van der Waals surface area contributed by atoms with Crippen molar-refractivity contribution in [1.29, 1.82) is 0 Å². The summed E-state index contributed by atoms with van der Waals surface area (Å²) in [6.07, 6.45) is 1.77. The van der Waals surface area contributed by atoms with Crippen LogP contribution in [0.1, 0.15) is 12.0 Å². The second kappa shape index (κ2) is 10.1. The van der Waals surface area contributed by atoms with Gasteiger partial charge >= 0.3 is 0 Å². The van der Waals surface area contributed by atoms with E-state index in [1.807, 2.05) is 12.1 Å². The second-order valence-electron chi connectivity index (χ2n) is 6.50. The molecule has 0 atom stereocenters. The zero-order chi connectivity index (χ0) is 20.7. The molecule has 2 heterocycles. The summed E-state index contributed by atoms with van der Waals surface area (Å²) >= 11 is 3.27. The van der Waals surface area contributed by atoms with E-state index in [0.717, 1.165) is 28.9 Å². The number of hydrogen-bond donors (Lipinski definition) is 2. The van der Waals surface area contributed by atoms with Crippen LogP contribution in [0.4, 0.5) is 5.82 Å². The molecule has 1 amide bonds. The number of morpholine rings is 1. The first-order chi connectivity index (χ1) is 13.9. The van der Waals surface area contributed by atoms with Crippen molar-refractivity contribution in [3.8, 4) is 0 Å². The average Bonchev–Trinajstić information content (AvgIpc) is 2.73. The molecule has 1 saturated heterocycles. The lowest BCUT2D eigenvalue weighted by atomic mass is 10.2. The molecule has 1 fully saturated rings. The number of halogens is 1. The number of amides is 1. The van der Waals surface area contributed by atoms with E-state index in [2.05, 4.69) is 35.9 Å². The monoisotopic (exact) mass is 482 g/mol. The highest BCUT2D eigenvalue weighted by atomic mass is 79.9. The Hall–Kier alpha value is -2.01. The number of benzene rings is 1. The Bertz CT molecular complexity index is 931. The predicted molar refractivity (Wildman–Crippen MR) is 113 cm³/mol. The molecular weight excluding hydrogens is 460 g/mol. The zero-order valence-corrected chi connectivity index (χ0v) is 18.2. The molecule has 2 aromatic rings. The molecule has 1 aromatic heterocycles. The summed E-state index contributed by atoms with van der Waals surface area (Å²) in [7, 11) is -3.63. The molecule has 0 unspecified atom stereocenters. The summed E-state index contributed by atoms with van der Waals surface area (Å²) in [5.41, 5.74) is 0.935.